The van der Waals surface area contributed by atoms with E-state index in [4.69, 9.17) is 5.11 Å². The molecule has 0 spiro atoms. The highest BCUT2D eigenvalue weighted by Crippen LogP contribution is 1.67. The Kier molecular flexibility index (Phi) is 4.70. The molecule has 0 bridgehead atoms. The molecule has 0 saturated carbocycles. The zero-order valence-electron chi connectivity index (χ0n) is 5.89. The second kappa shape index (κ2) is 5.08. The molecular weight excluding hydrogens is 134 g/mol. The lowest BCUT2D eigenvalue weighted by atomic mass is 10.4. The summed E-state index contributed by atoms with van der Waals surface area (Å²) < 4.78 is 0. The first-order valence-electron chi connectivity index (χ1n) is 2.99. The van der Waals surface area contributed by atoms with Crippen molar-refractivity contribution in [1.29, 1.82) is 0 Å². The summed E-state index contributed by atoms with van der Waals surface area (Å²) in [5, 5.41) is 10.8. The van der Waals surface area contributed by atoms with Gasteiger partial charge in [0.15, 0.2) is 5.78 Å². The molecule has 0 aromatic carbocycles. The predicted octanol–water partition coefficient (Wildman–Crippen LogP) is -1.27. The zero-order chi connectivity index (χ0) is 7.98. The third-order valence-corrected chi connectivity index (χ3v) is 0.872. The quantitative estimate of drug-likeness (QED) is 0.506. The summed E-state index contributed by atoms with van der Waals surface area (Å²) in [5.41, 5.74) is 0. The van der Waals surface area contributed by atoms with Gasteiger partial charge in [0.2, 0.25) is 0 Å². The third-order valence-electron chi connectivity index (χ3n) is 0.872. The molecule has 0 aliphatic heterocycles. The summed E-state index contributed by atoms with van der Waals surface area (Å²) in [7, 11) is 0. The van der Waals surface area contributed by atoms with Gasteiger partial charge in [0.1, 0.15) is 12.4 Å². The Balaban J connectivity index is 3.20. The van der Waals surface area contributed by atoms with E-state index < -0.39 is 6.61 Å². The number of nitrogens with one attached hydrogen (secondary N) is 1. The fraction of sp³-hybridized carbons (Fsp3) is 0.667. The van der Waals surface area contributed by atoms with Gasteiger partial charge in [-0.15, -0.1) is 0 Å². The molecule has 0 rings (SSSR count). The number of ketones is 2. The molecule has 4 nitrogen and oxygen atoms in total. The van der Waals surface area contributed by atoms with Crippen LogP contribution in [0.3, 0.4) is 0 Å². The standard InChI is InChI=1S/C6H11NO3/c1-5(9)2-7-3-6(10)4-8/h7-8H,2-4H2,1H3. The van der Waals surface area contributed by atoms with Crippen molar-refractivity contribution in [3.8, 4) is 0 Å². The molecule has 0 radical (unpaired) electrons. The van der Waals surface area contributed by atoms with E-state index in [-0.39, 0.29) is 24.7 Å². The van der Waals surface area contributed by atoms with Gasteiger partial charge in [-0.3, -0.25) is 9.59 Å². The van der Waals surface area contributed by atoms with Crippen LogP contribution in [0.2, 0.25) is 0 Å². The SMILES string of the molecule is CC(=O)CNCC(=O)CO. The molecule has 58 valence electrons. The van der Waals surface area contributed by atoms with Crippen LogP contribution < -0.4 is 5.32 Å². The molecule has 0 heterocycles. The Labute approximate surface area is 59.2 Å². The monoisotopic (exact) mass is 145 g/mol. The molecule has 0 fully saturated rings. The molecule has 0 saturated heterocycles. The second-order valence-corrected chi connectivity index (χ2v) is 2.00. The molecule has 4 heteroatoms. The van der Waals surface area contributed by atoms with Crippen molar-refractivity contribution in [2.75, 3.05) is 19.7 Å². The van der Waals surface area contributed by atoms with Gasteiger partial charge in [-0.2, -0.15) is 0 Å². The van der Waals surface area contributed by atoms with E-state index in [1.807, 2.05) is 0 Å². The lowest BCUT2D eigenvalue weighted by Crippen LogP contribution is -2.28. The van der Waals surface area contributed by atoms with Crippen molar-refractivity contribution in [2.45, 2.75) is 6.92 Å². The van der Waals surface area contributed by atoms with Crippen molar-refractivity contribution in [3.05, 3.63) is 0 Å². The maximum Gasteiger partial charge on any atom is 0.171 e. The smallest absolute Gasteiger partial charge is 0.171 e. The maximum absolute atomic E-state index is 10.4. The first-order chi connectivity index (χ1) is 4.66. The summed E-state index contributed by atoms with van der Waals surface area (Å²) in [6.07, 6.45) is 0. The van der Waals surface area contributed by atoms with Crippen LogP contribution in [0.1, 0.15) is 6.92 Å². The molecule has 0 atom stereocenters. The Morgan fingerprint density at radius 3 is 2.40 bits per heavy atom. The number of carbonyl (C=O) groups is 2. The van der Waals surface area contributed by atoms with E-state index >= 15 is 0 Å². The minimum absolute atomic E-state index is 0.0225. The highest BCUT2D eigenvalue weighted by molar-refractivity contribution is 5.82. The Morgan fingerprint density at radius 2 is 2.00 bits per heavy atom. The van der Waals surface area contributed by atoms with E-state index in [1.54, 1.807) is 0 Å². The summed E-state index contributed by atoms with van der Waals surface area (Å²) in [6.45, 7) is 1.21. The largest absolute Gasteiger partial charge is 0.389 e. The van der Waals surface area contributed by atoms with Crippen molar-refractivity contribution < 1.29 is 14.7 Å². The number of hydrogen-bond acceptors (Lipinski definition) is 4. The predicted molar refractivity (Wildman–Crippen MR) is 35.6 cm³/mol. The highest BCUT2D eigenvalue weighted by atomic mass is 16.3. The number of carbonyl (C=O) groups excluding carboxylic acids is 2. The van der Waals surface area contributed by atoms with E-state index in [2.05, 4.69) is 5.32 Å². The van der Waals surface area contributed by atoms with Gasteiger partial charge >= 0.3 is 0 Å². The van der Waals surface area contributed by atoms with Crippen LogP contribution in [0.25, 0.3) is 0 Å². The van der Waals surface area contributed by atoms with Crippen molar-refractivity contribution >= 4 is 11.6 Å². The number of hydrogen-bond donors (Lipinski definition) is 2. The molecule has 0 aromatic rings. The van der Waals surface area contributed by atoms with Crippen LogP contribution in [0.4, 0.5) is 0 Å². The molecule has 0 aliphatic carbocycles. The minimum Gasteiger partial charge on any atom is -0.389 e. The average Bonchev–Trinajstić information content (AvgIpc) is 1.87. The van der Waals surface area contributed by atoms with Crippen molar-refractivity contribution in [2.24, 2.45) is 0 Å². The van der Waals surface area contributed by atoms with E-state index in [9.17, 15) is 9.59 Å². The fourth-order valence-corrected chi connectivity index (χ4v) is 0.434. The van der Waals surface area contributed by atoms with Gasteiger partial charge in [0.05, 0.1) is 13.1 Å². The van der Waals surface area contributed by atoms with Crippen LogP contribution in [-0.4, -0.2) is 36.4 Å². The van der Waals surface area contributed by atoms with E-state index in [0.29, 0.717) is 0 Å². The van der Waals surface area contributed by atoms with Gasteiger partial charge in [-0.05, 0) is 6.92 Å². The molecule has 10 heavy (non-hydrogen) atoms. The van der Waals surface area contributed by atoms with Crippen molar-refractivity contribution in [3.63, 3.8) is 0 Å². The topological polar surface area (TPSA) is 66.4 Å². The first-order valence-corrected chi connectivity index (χ1v) is 2.99. The van der Waals surface area contributed by atoms with Gasteiger partial charge in [0, 0.05) is 0 Å². The Hall–Kier alpha value is -0.740. The lowest BCUT2D eigenvalue weighted by molar-refractivity contribution is -0.121. The number of aliphatic hydroxyl groups excluding tert-OH is 1. The summed E-state index contributed by atoms with van der Waals surface area (Å²) in [6, 6.07) is 0. The third kappa shape index (κ3) is 5.40. The molecule has 2 N–H and O–H groups in total. The zero-order valence-corrected chi connectivity index (χ0v) is 5.89. The summed E-state index contributed by atoms with van der Waals surface area (Å²) in [4.78, 5) is 20.6. The van der Waals surface area contributed by atoms with Gasteiger partial charge in [0.25, 0.3) is 0 Å². The van der Waals surface area contributed by atoms with Crippen LogP contribution in [0.15, 0.2) is 0 Å². The molecule has 0 unspecified atom stereocenters. The Bertz CT molecular complexity index is 133. The number of aliphatic hydroxyl groups is 1. The molecule has 0 amide bonds. The second-order valence-electron chi connectivity index (χ2n) is 2.00. The van der Waals surface area contributed by atoms with E-state index in [1.165, 1.54) is 6.92 Å². The molecule has 0 aromatic heterocycles. The van der Waals surface area contributed by atoms with Crippen LogP contribution in [-0.2, 0) is 9.59 Å². The van der Waals surface area contributed by atoms with Crippen LogP contribution in [0, 0.1) is 0 Å². The van der Waals surface area contributed by atoms with Gasteiger partial charge in [-0.1, -0.05) is 0 Å². The first kappa shape index (κ1) is 9.26. The van der Waals surface area contributed by atoms with Crippen LogP contribution >= 0.6 is 0 Å². The number of Topliss-reactive ketones (excluding diaryl/α,β-unsaturated/α-hetero) is 2. The Morgan fingerprint density at radius 1 is 1.40 bits per heavy atom. The van der Waals surface area contributed by atoms with Crippen molar-refractivity contribution in [1.82, 2.24) is 5.32 Å². The van der Waals surface area contributed by atoms with Gasteiger partial charge < -0.3 is 10.4 Å². The summed E-state index contributed by atoms with van der Waals surface area (Å²) in [5.74, 6) is -0.327. The minimum atomic E-state index is -0.467. The van der Waals surface area contributed by atoms with E-state index in [0.717, 1.165) is 0 Å². The maximum atomic E-state index is 10.4. The average molecular weight is 145 g/mol. The fourth-order valence-electron chi connectivity index (χ4n) is 0.434. The molecular formula is C6H11NO3. The lowest BCUT2D eigenvalue weighted by Gasteiger charge is -1.97. The highest BCUT2D eigenvalue weighted by Gasteiger charge is 1.98. The van der Waals surface area contributed by atoms with Crippen LogP contribution in [0.5, 0.6) is 0 Å². The van der Waals surface area contributed by atoms with Gasteiger partial charge in [-0.25, -0.2) is 0 Å². The number of rotatable bonds is 5. The molecule has 0 aliphatic rings. The normalized spacial score (nSPS) is 9.40. The summed E-state index contributed by atoms with van der Waals surface area (Å²) >= 11 is 0.